The average molecular weight is 244 g/mol. The lowest BCUT2D eigenvalue weighted by Gasteiger charge is -2.33. The van der Waals surface area contributed by atoms with Crippen LogP contribution in [0.2, 0.25) is 0 Å². The van der Waals surface area contributed by atoms with Gasteiger partial charge in [0, 0.05) is 0 Å². The van der Waals surface area contributed by atoms with Crippen LogP contribution in [0.1, 0.15) is 12.8 Å². The molecule has 0 bridgehead atoms. The molecule has 84 valence electrons. The fourth-order valence-electron chi connectivity index (χ4n) is 1.11. The number of hydrogen-bond acceptors (Lipinski definition) is 6. The Bertz CT molecular complexity index is 354. The number of hydrogen-bond donors (Lipinski definition) is 0. The first-order chi connectivity index (χ1) is 6.17. The van der Waals surface area contributed by atoms with Gasteiger partial charge in [0.15, 0.2) is 0 Å². The molecule has 0 saturated heterocycles. The molecule has 14 heavy (non-hydrogen) atoms. The molecule has 1 aliphatic rings. The van der Waals surface area contributed by atoms with Gasteiger partial charge in [-0.15, -0.1) is 0 Å². The maximum Gasteiger partial charge on any atom is 0.264 e. The van der Waals surface area contributed by atoms with Gasteiger partial charge in [-0.25, -0.2) is 0 Å². The van der Waals surface area contributed by atoms with Crippen molar-refractivity contribution in [2.24, 2.45) is 0 Å². The molecule has 0 heterocycles. The van der Waals surface area contributed by atoms with Crippen molar-refractivity contribution in [2.45, 2.75) is 25.0 Å². The Kier molecular flexibility index (Phi) is 3.20. The van der Waals surface area contributed by atoms with Crippen molar-refractivity contribution in [1.82, 2.24) is 0 Å². The Hall–Kier alpha value is -0.180. The molecule has 2 atom stereocenters. The molecule has 0 amide bonds. The van der Waals surface area contributed by atoms with E-state index in [1.54, 1.807) is 0 Å². The molecular weight excluding hydrogens is 232 g/mol. The second-order valence-corrected chi connectivity index (χ2v) is 6.46. The Labute approximate surface area is 83.5 Å². The van der Waals surface area contributed by atoms with Crippen LogP contribution < -0.4 is 0 Å². The highest BCUT2D eigenvalue weighted by Crippen LogP contribution is 2.28. The van der Waals surface area contributed by atoms with Gasteiger partial charge in [0.1, 0.15) is 12.2 Å². The van der Waals surface area contributed by atoms with E-state index >= 15 is 0 Å². The SMILES string of the molecule is CS(=O)(=O)OC1CCC1OS(C)(=O)=O. The van der Waals surface area contributed by atoms with Crippen LogP contribution in [0.5, 0.6) is 0 Å². The van der Waals surface area contributed by atoms with Gasteiger partial charge in [-0.1, -0.05) is 0 Å². The Morgan fingerprint density at radius 2 is 1.14 bits per heavy atom. The summed E-state index contributed by atoms with van der Waals surface area (Å²) in [5.74, 6) is 0. The van der Waals surface area contributed by atoms with Crippen LogP contribution in [0.15, 0.2) is 0 Å². The monoisotopic (exact) mass is 244 g/mol. The third-order valence-corrected chi connectivity index (χ3v) is 2.94. The summed E-state index contributed by atoms with van der Waals surface area (Å²) in [5.41, 5.74) is 0. The van der Waals surface area contributed by atoms with E-state index in [9.17, 15) is 16.8 Å². The smallest absolute Gasteiger partial charge is 0.264 e. The first kappa shape index (κ1) is 11.9. The second-order valence-electron chi connectivity index (χ2n) is 3.25. The van der Waals surface area contributed by atoms with Gasteiger partial charge in [-0.05, 0) is 12.8 Å². The van der Waals surface area contributed by atoms with Crippen molar-refractivity contribution in [3.63, 3.8) is 0 Å². The van der Waals surface area contributed by atoms with Crippen molar-refractivity contribution in [3.05, 3.63) is 0 Å². The minimum absolute atomic E-state index is 0.493. The quantitative estimate of drug-likeness (QED) is 0.618. The first-order valence-corrected chi connectivity index (χ1v) is 7.57. The van der Waals surface area contributed by atoms with E-state index < -0.39 is 32.4 Å². The van der Waals surface area contributed by atoms with Gasteiger partial charge in [-0.2, -0.15) is 16.8 Å². The van der Waals surface area contributed by atoms with Crippen LogP contribution in [0.4, 0.5) is 0 Å². The van der Waals surface area contributed by atoms with Gasteiger partial charge in [-0.3, -0.25) is 8.37 Å². The lowest BCUT2D eigenvalue weighted by Crippen LogP contribution is -2.43. The molecule has 8 heteroatoms. The van der Waals surface area contributed by atoms with E-state index in [2.05, 4.69) is 8.37 Å². The predicted molar refractivity (Wildman–Crippen MR) is 48.7 cm³/mol. The van der Waals surface area contributed by atoms with Crippen LogP contribution >= 0.6 is 0 Å². The van der Waals surface area contributed by atoms with E-state index in [1.807, 2.05) is 0 Å². The summed E-state index contributed by atoms with van der Waals surface area (Å²) in [4.78, 5) is 0. The van der Waals surface area contributed by atoms with E-state index in [-0.39, 0.29) is 0 Å². The second kappa shape index (κ2) is 3.76. The third kappa shape index (κ3) is 3.91. The lowest BCUT2D eigenvalue weighted by atomic mass is 9.93. The standard InChI is InChI=1S/C6H12O6S2/c1-13(7,8)11-5-3-4-6(5)12-14(2,9)10/h5-6H,3-4H2,1-2H3. The number of rotatable bonds is 4. The van der Waals surface area contributed by atoms with Gasteiger partial charge in [0.25, 0.3) is 20.2 Å². The summed E-state index contributed by atoms with van der Waals surface area (Å²) in [7, 11) is -7.10. The summed E-state index contributed by atoms with van der Waals surface area (Å²) in [6, 6.07) is 0. The van der Waals surface area contributed by atoms with Crippen molar-refractivity contribution in [3.8, 4) is 0 Å². The Morgan fingerprint density at radius 1 is 0.857 bits per heavy atom. The van der Waals surface area contributed by atoms with Gasteiger partial charge >= 0.3 is 0 Å². The van der Waals surface area contributed by atoms with Crippen LogP contribution in [-0.2, 0) is 28.6 Å². The summed E-state index contributed by atoms with van der Waals surface area (Å²) in [6.07, 6.45) is 1.49. The zero-order valence-corrected chi connectivity index (χ0v) is 9.47. The highest BCUT2D eigenvalue weighted by molar-refractivity contribution is 7.86. The fourth-order valence-corrected chi connectivity index (χ4v) is 2.45. The summed E-state index contributed by atoms with van der Waals surface area (Å²) in [5, 5.41) is 0. The first-order valence-electron chi connectivity index (χ1n) is 3.94. The molecule has 0 spiro atoms. The van der Waals surface area contributed by atoms with E-state index in [0.717, 1.165) is 12.5 Å². The highest BCUT2D eigenvalue weighted by atomic mass is 32.2. The molecular formula is C6H12O6S2. The van der Waals surface area contributed by atoms with E-state index in [4.69, 9.17) is 0 Å². The van der Waals surface area contributed by atoms with Crippen LogP contribution in [-0.4, -0.2) is 41.6 Å². The maximum absolute atomic E-state index is 10.7. The minimum atomic E-state index is -3.55. The Balaban J connectivity index is 2.52. The molecule has 1 aliphatic carbocycles. The van der Waals surface area contributed by atoms with Gasteiger partial charge in [0.05, 0.1) is 12.5 Å². The van der Waals surface area contributed by atoms with Crippen LogP contribution in [0, 0.1) is 0 Å². The van der Waals surface area contributed by atoms with Crippen molar-refractivity contribution in [2.75, 3.05) is 12.5 Å². The van der Waals surface area contributed by atoms with E-state index in [1.165, 1.54) is 0 Å². The molecule has 0 aromatic rings. The highest BCUT2D eigenvalue weighted by Gasteiger charge is 2.37. The zero-order chi connectivity index (χ0) is 11.0. The molecule has 1 fully saturated rings. The fraction of sp³-hybridized carbons (Fsp3) is 1.00. The van der Waals surface area contributed by atoms with Crippen molar-refractivity contribution < 1.29 is 25.2 Å². The molecule has 0 aromatic carbocycles. The topological polar surface area (TPSA) is 86.7 Å². The molecule has 0 N–H and O–H groups in total. The Morgan fingerprint density at radius 3 is 1.29 bits per heavy atom. The van der Waals surface area contributed by atoms with Gasteiger partial charge < -0.3 is 0 Å². The normalized spacial score (nSPS) is 28.4. The largest absolute Gasteiger partial charge is 0.264 e. The summed E-state index contributed by atoms with van der Waals surface area (Å²) in [6.45, 7) is 0. The molecule has 1 saturated carbocycles. The average Bonchev–Trinajstić information content (AvgIpc) is 1.91. The minimum Gasteiger partial charge on any atom is -0.264 e. The van der Waals surface area contributed by atoms with Gasteiger partial charge in [0.2, 0.25) is 0 Å². The summed E-state index contributed by atoms with van der Waals surface area (Å²) >= 11 is 0. The van der Waals surface area contributed by atoms with E-state index in [0.29, 0.717) is 12.8 Å². The molecule has 2 unspecified atom stereocenters. The molecule has 0 radical (unpaired) electrons. The molecule has 0 aliphatic heterocycles. The molecule has 6 nitrogen and oxygen atoms in total. The van der Waals surface area contributed by atoms with Crippen LogP contribution in [0.25, 0.3) is 0 Å². The maximum atomic E-state index is 10.7. The van der Waals surface area contributed by atoms with Crippen molar-refractivity contribution >= 4 is 20.2 Å². The lowest BCUT2D eigenvalue weighted by molar-refractivity contribution is -0.0111. The van der Waals surface area contributed by atoms with Crippen LogP contribution in [0.3, 0.4) is 0 Å². The van der Waals surface area contributed by atoms with Crippen molar-refractivity contribution in [1.29, 1.82) is 0 Å². The zero-order valence-electron chi connectivity index (χ0n) is 7.83. The molecule has 0 aromatic heterocycles. The third-order valence-electron chi connectivity index (χ3n) is 1.75. The molecule has 1 rings (SSSR count). The predicted octanol–water partition coefficient (Wildman–Crippen LogP) is -0.530. The summed E-state index contributed by atoms with van der Waals surface area (Å²) < 4.78 is 52.1.